The van der Waals surface area contributed by atoms with E-state index in [-0.39, 0.29) is 5.91 Å². The zero-order valence-corrected chi connectivity index (χ0v) is 12.5. The summed E-state index contributed by atoms with van der Waals surface area (Å²) in [6.07, 6.45) is 1.66. The van der Waals surface area contributed by atoms with E-state index < -0.39 is 0 Å². The fourth-order valence-corrected chi connectivity index (χ4v) is 2.10. The molecule has 0 aliphatic rings. The predicted molar refractivity (Wildman–Crippen MR) is 78.9 cm³/mol. The Balaban J connectivity index is 2.09. The highest BCUT2D eigenvalue weighted by atomic mass is 79.9. The first-order valence-electron chi connectivity index (χ1n) is 5.99. The SMILES string of the molecule is Cc1cc(C(=O)N(C)Cc2ccc(Br)cc2)ccn1. The summed E-state index contributed by atoms with van der Waals surface area (Å²) in [5.41, 5.74) is 2.62. The van der Waals surface area contributed by atoms with E-state index in [0.29, 0.717) is 12.1 Å². The van der Waals surface area contributed by atoms with Gasteiger partial charge in [0.15, 0.2) is 0 Å². The van der Waals surface area contributed by atoms with Crippen molar-refractivity contribution in [2.45, 2.75) is 13.5 Å². The van der Waals surface area contributed by atoms with Crippen LogP contribution in [0.25, 0.3) is 0 Å². The minimum Gasteiger partial charge on any atom is -0.337 e. The summed E-state index contributed by atoms with van der Waals surface area (Å²) >= 11 is 3.40. The molecule has 0 aliphatic heterocycles. The standard InChI is InChI=1S/C15H15BrN2O/c1-11-9-13(7-8-17-11)15(19)18(2)10-12-3-5-14(16)6-4-12/h3-9H,10H2,1-2H3. The Bertz CT molecular complexity index is 581. The lowest BCUT2D eigenvalue weighted by atomic mass is 10.2. The van der Waals surface area contributed by atoms with E-state index >= 15 is 0 Å². The Morgan fingerprint density at radius 3 is 2.58 bits per heavy atom. The molecule has 0 spiro atoms. The molecule has 0 N–H and O–H groups in total. The van der Waals surface area contributed by atoms with Gasteiger partial charge in [0.25, 0.3) is 5.91 Å². The molecule has 1 aromatic heterocycles. The summed E-state index contributed by atoms with van der Waals surface area (Å²) in [5, 5.41) is 0. The number of halogens is 1. The van der Waals surface area contributed by atoms with Crippen molar-refractivity contribution in [1.82, 2.24) is 9.88 Å². The molecule has 0 radical (unpaired) electrons. The number of rotatable bonds is 3. The summed E-state index contributed by atoms with van der Waals surface area (Å²) in [4.78, 5) is 18.1. The molecule has 3 nitrogen and oxygen atoms in total. The van der Waals surface area contributed by atoms with Crippen molar-refractivity contribution in [3.05, 3.63) is 63.9 Å². The molecule has 2 aromatic rings. The molecule has 0 aliphatic carbocycles. The van der Waals surface area contributed by atoms with E-state index in [1.54, 1.807) is 30.3 Å². The normalized spacial score (nSPS) is 10.3. The Morgan fingerprint density at radius 1 is 1.26 bits per heavy atom. The fourth-order valence-electron chi connectivity index (χ4n) is 1.83. The summed E-state index contributed by atoms with van der Waals surface area (Å²) in [5.74, 6) is 0.00780. The number of carbonyl (C=O) groups excluding carboxylic acids is 1. The largest absolute Gasteiger partial charge is 0.337 e. The van der Waals surface area contributed by atoms with Gasteiger partial charge >= 0.3 is 0 Å². The van der Waals surface area contributed by atoms with Crippen LogP contribution in [0.2, 0.25) is 0 Å². The number of benzene rings is 1. The molecule has 0 saturated heterocycles. The number of hydrogen-bond donors (Lipinski definition) is 0. The second kappa shape index (κ2) is 5.97. The van der Waals surface area contributed by atoms with E-state index in [9.17, 15) is 4.79 Å². The summed E-state index contributed by atoms with van der Waals surface area (Å²) in [6.45, 7) is 2.47. The minimum absolute atomic E-state index is 0.00780. The van der Waals surface area contributed by atoms with Gasteiger partial charge in [-0.3, -0.25) is 9.78 Å². The number of aryl methyl sites for hydroxylation is 1. The van der Waals surface area contributed by atoms with Gasteiger partial charge in [-0.1, -0.05) is 28.1 Å². The highest BCUT2D eigenvalue weighted by Crippen LogP contribution is 2.13. The van der Waals surface area contributed by atoms with Gasteiger partial charge in [0.1, 0.15) is 0 Å². The topological polar surface area (TPSA) is 33.2 Å². The molecule has 0 unspecified atom stereocenters. The van der Waals surface area contributed by atoms with Gasteiger partial charge in [0.2, 0.25) is 0 Å². The van der Waals surface area contributed by atoms with Crippen LogP contribution in [0.5, 0.6) is 0 Å². The van der Waals surface area contributed by atoms with Crippen LogP contribution >= 0.6 is 15.9 Å². The Labute approximate surface area is 121 Å². The van der Waals surface area contributed by atoms with Crippen LogP contribution in [0.3, 0.4) is 0 Å². The van der Waals surface area contributed by atoms with Crippen LogP contribution in [0.4, 0.5) is 0 Å². The third-order valence-electron chi connectivity index (χ3n) is 2.82. The lowest BCUT2D eigenvalue weighted by Crippen LogP contribution is -2.26. The predicted octanol–water partition coefficient (Wildman–Crippen LogP) is 3.42. The summed E-state index contributed by atoms with van der Waals surface area (Å²) in [7, 11) is 1.81. The number of pyridine rings is 1. The molecule has 1 heterocycles. The second-order valence-electron chi connectivity index (χ2n) is 4.47. The van der Waals surface area contributed by atoms with Crippen molar-refractivity contribution < 1.29 is 4.79 Å². The van der Waals surface area contributed by atoms with Crippen LogP contribution in [-0.4, -0.2) is 22.8 Å². The van der Waals surface area contributed by atoms with Crippen LogP contribution in [0.1, 0.15) is 21.6 Å². The second-order valence-corrected chi connectivity index (χ2v) is 5.39. The van der Waals surface area contributed by atoms with Crippen molar-refractivity contribution in [3.63, 3.8) is 0 Å². The van der Waals surface area contributed by atoms with E-state index in [4.69, 9.17) is 0 Å². The quantitative estimate of drug-likeness (QED) is 0.868. The molecule has 4 heteroatoms. The number of aromatic nitrogens is 1. The van der Waals surface area contributed by atoms with Crippen LogP contribution in [0, 0.1) is 6.92 Å². The smallest absolute Gasteiger partial charge is 0.254 e. The molecule has 98 valence electrons. The third-order valence-corrected chi connectivity index (χ3v) is 3.35. The maximum absolute atomic E-state index is 12.3. The first-order chi connectivity index (χ1) is 9.06. The first kappa shape index (κ1) is 13.7. The maximum Gasteiger partial charge on any atom is 0.254 e. The fraction of sp³-hybridized carbons (Fsp3) is 0.200. The van der Waals surface area contributed by atoms with E-state index in [0.717, 1.165) is 15.7 Å². The lowest BCUT2D eigenvalue weighted by Gasteiger charge is -2.17. The van der Waals surface area contributed by atoms with Gasteiger partial charge in [0, 0.05) is 35.5 Å². The summed E-state index contributed by atoms with van der Waals surface area (Å²) in [6, 6.07) is 11.5. The Hall–Kier alpha value is -1.68. The lowest BCUT2D eigenvalue weighted by molar-refractivity contribution is 0.0785. The zero-order valence-electron chi connectivity index (χ0n) is 10.9. The van der Waals surface area contributed by atoms with Crippen LogP contribution in [-0.2, 0) is 6.54 Å². The number of hydrogen-bond acceptors (Lipinski definition) is 2. The highest BCUT2D eigenvalue weighted by Gasteiger charge is 2.12. The van der Waals surface area contributed by atoms with Gasteiger partial charge in [-0.25, -0.2) is 0 Å². The van der Waals surface area contributed by atoms with E-state index in [1.807, 2.05) is 31.2 Å². The van der Waals surface area contributed by atoms with Crippen molar-refractivity contribution in [3.8, 4) is 0 Å². The van der Waals surface area contributed by atoms with Crippen molar-refractivity contribution in [2.75, 3.05) is 7.05 Å². The molecule has 1 amide bonds. The van der Waals surface area contributed by atoms with Crippen LogP contribution < -0.4 is 0 Å². The van der Waals surface area contributed by atoms with Gasteiger partial charge in [-0.05, 0) is 36.8 Å². The zero-order chi connectivity index (χ0) is 13.8. The first-order valence-corrected chi connectivity index (χ1v) is 6.78. The molecule has 2 rings (SSSR count). The molecule has 1 aromatic carbocycles. The molecular formula is C15H15BrN2O. The maximum atomic E-state index is 12.3. The average molecular weight is 319 g/mol. The number of amides is 1. The third kappa shape index (κ3) is 3.64. The summed E-state index contributed by atoms with van der Waals surface area (Å²) < 4.78 is 1.04. The Morgan fingerprint density at radius 2 is 1.95 bits per heavy atom. The van der Waals surface area contributed by atoms with Crippen LogP contribution in [0.15, 0.2) is 47.1 Å². The van der Waals surface area contributed by atoms with E-state index in [1.165, 1.54) is 0 Å². The van der Waals surface area contributed by atoms with Crippen molar-refractivity contribution in [1.29, 1.82) is 0 Å². The van der Waals surface area contributed by atoms with Gasteiger partial charge in [-0.2, -0.15) is 0 Å². The molecule has 0 saturated carbocycles. The Kier molecular flexibility index (Phi) is 4.32. The highest BCUT2D eigenvalue weighted by molar-refractivity contribution is 9.10. The molecular weight excluding hydrogens is 304 g/mol. The molecule has 19 heavy (non-hydrogen) atoms. The number of carbonyl (C=O) groups is 1. The molecule has 0 fully saturated rings. The van der Waals surface area contributed by atoms with E-state index in [2.05, 4.69) is 20.9 Å². The molecule has 0 atom stereocenters. The number of nitrogens with zero attached hydrogens (tertiary/aromatic N) is 2. The minimum atomic E-state index is 0.00780. The van der Waals surface area contributed by atoms with Gasteiger partial charge in [0.05, 0.1) is 0 Å². The molecule has 0 bridgehead atoms. The van der Waals surface area contributed by atoms with Crippen molar-refractivity contribution >= 4 is 21.8 Å². The average Bonchev–Trinajstić information content (AvgIpc) is 2.40. The van der Waals surface area contributed by atoms with Crippen molar-refractivity contribution in [2.24, 2.45) is 0 Å². The van der Waals surface area contributed by atoms with Gasteiger partial charge in [-0.15, -0.1) is 0 Å². The monoisotopic (exact) mass is 318 g/mol. The van der Waals surface area contributed by atoms with Gasteiger partial charge < -0.3 is 4.90 Å².